The number of nitrogens with zero attached hydrogens (tertiary/aromatic N) is 3. The number of piperidine rings is 1. The molecule has 1 fully saturated rings. The molecule has 1 saturated heterocycles. The number of ether oxygens (including phenoxy) is 2. The van der Waals surface area contributed by atoms with Gasteiger partial charge in [-0.25, -0.2) is 4.98 Å². The number of nitrogens with one attached hydrogen (secondary N) is 1. The third-order valence-corrected chi connectivity index (χ3v) is 4.43. The van der Waals surface area contributed by atoms with Gasteiger partial charge in [-0.1, -0.05) is 11.6 Å². The van der Waals surface area contributed by atoms with Gasteiger partial charge in [0.15, 0.2) is 0 Å². The van der Waals surface area contributed by atoms with Crippen molar-refractivity contribution in [2.45, 2.75) is 18.9 Å². The lowest BCUT2D eigenvalue weighted by molar-refractivity contribution is 0.394. The van der Waals surface area contributed by atoms with Crippen molar-refractivity contribution in [3.8, 4) is 11.5 Å². The molecule has 2 heterocycles. The minimum absolute atomic E-state index is 0.200. The topological polar surface area (TPSA) is 85.5 Å². The summed E-state index contributed by atoms with van der Waals surface area (Å²) in [5.41, 5.74) is 6.67. The number of nitrogen functional groups attached to an aromatic ring is 1. The fourth-order valence-corrected chi connectivity index (χ4v) is 3.15. The summed E-state index contributed by atoms with van der Waals surface area (Å²) in [4.78, 5) is 10.3. The van der Waals surface area contributed by atoms with E-state index in [1.807, 2.05) is 18.2 Å². The Morgan fingerprint density at radius 1 is 1.08 bits per heavy atom. The van der Waals surface area contributed by atoms with Crippen molar-refractivity contribution in [1.82, 2.24) is 9.97 Å². The van der Waals surface area contributed by atoms with Gasteiger partial charge in [-0.3, -0.25) is 0 Å². The van der Waals surface area contributed by atoms with E-state index < -0.39 is 0 Å². The van der Waals surface area contributed by atoms with E-state index in [2.05, 4.69) is 20.2 Å². The highest BCUT2D eigenvalue weighted by molar-refractivity contribution is 6.29. The Bertz CT molecular complexity index is 692. The first-order valence-corrected chi connectivity index (χ1v) is 8.50. The Morgan fingerprint density at radius 2 is 1.72 bits per heavy atom. The summed E-state index contributed by atoms with van der Waals surface area (Å²) in [5, 5.41) is 3.92. The van der Waals surface area contributed by atoms with Crippen LogP contribution in [0.3, 0.4) is 0 Å². The van der Waals surface area contributed by atoms with Crippen molar-refractivity contribution in [1.29, 1.82) is 0 Å². The molecule has 0 unspecified atom stereocenters. The van der Waals surface area contributed by atoms with Crippen molar-refractivity contribution in [3.05, 3.63) is 29.4 Å². The fraction of sp³-hybridized carbons (Fsp3) is 0.412. The minimum atomic E-state index is 0.200. The third-order valence-electron chi connectivity index (χ3n) is 4.24. The van der Waals surface area contributed by atoms with E-state index in [4.69, 9.17) is 26.8 Å². The van der Waals surface area contributed by atoms with Crippen LogP contribution in [0.5, 0.6) is 11.5 Å². The highest BCUT2D eigenvalue weighted by atomic mass is 35.5. The van der Waals surface area contributed by atoms with Gasteiger partial charge in [0, 0.05) is 49.1 Å². The van der Waals surface area contributed by atoms with Gasteiger partial charge in [-0.15, -0.1) is 0 Å². The zero-order chi connectivity index (χ0) is 17.8. The van der Waals surface area contributed by atoms with E-state index in [-0.39, 0.29) is 5.95 Å². The van der Waals surface area contributed by atoms with Crippen molar-refractivity contribution in [2.75, 3.05) is 43.3 Å². The van der Waals surface area contributed by atoms with Crippen LogP contribution < -0.4 is 25.4 Å². The molecule has 25 heavy (non-hydrogen) atoms. The number of rotatable bonds is 5. The van der Waals surface area contributed by atoms with E-state index in [1.54, 1.807) is 20.3 Å². The maximum atomic E-state index is 5.97. The molecule has 3 N–H and O–H groups in total. The molecule has 0 radical (unpaired) electrons. The van der Waals surface area contributed by atoms with Crippen molar-refractivity contribution < 1.29 is 9.47 Å². The Morgan fingerprint density at radius 3 is 2.28 bits per heavy atom. The maximum absolute atomic E-state index is 5.97. The number of benzene rings is 1. The largest absolute Gasteiger partial charge is 0.497 e. The molecule has 0 amide bonds. The minimum Gasteiger partial charge on any atom is -0.497 e. The van der Waals surface area contributed by atoms with Gasteiger partial charge >= 0.3 is 0 Å². The first-order valence-electron chi connectivity index (χ1n) is 8.12. The number of hydrogen-bond acceptors (Lipinski definition) is 7. The molecular formula is C17H22ClN5O2. The van der Waals surface area contributed by atoms with Crippen LogP contribution >= 0.6 is 11.6 Å². The lowest BCUT2D eigenvalue weighted by atomic mass is 10.0. The number of halogens is 1. The van der Waals surface area contributed by atoms with Gasteiger partial charge in [0.1, 0.15) is 22.5 Å². The van der Waals surface area contributed by atoms with Crippen LogP contribution in [0.1, 0.15) is 12.8 Å². The molecule has 0 spiro atoms. The third kappa shape index (κ3) is 4.36. The monoisotopic (exact) mass is 363 g/mol. The predicted octanol–water partition coefficient (Wildman–Crippen LogP) is 2.81. The Balaban J connectivity index is 1.63. The van der Waals surface area contributed by atoms with E-state index >= 15 is 0 Å². The Hall–Kier alpha value is -2.41. The molecule has 1 aromatic heterocycles. The van der Waals surface area contributed by atoms with Gasteiger partial charge in [0.25, 0.3) is 0 Å². The van der Waals surface area contributed by atoms with Gasteiger partial charge in [-0.05, 0) is 12.8 Å². The molecule has 134 valence electrons. The number of nitrogens with two attached hydrogens (primary N) is 1. The van der Waals surface area contributed by atoms with Crippen molar-refractivity contribution in [3.63, 3.8) is 0 Å². The summed E-state index contributed by atoms with van der Waals surface area (Å²) in [6.07, 6.45) is 1.95. The molecule has 1 aliphatic heterocycles. The summed E-state index contributed by atoms with van der Waals surface area (Å²) >= 11 is 5.97. The number of methoxy groups -OCH3 is 2. The first-order chi connectivity index (χ1) is 12.1. The van der Waals surface area contributed by atoms with Crippen LogP contribution in [0, 0.1) is 0 Å². The molecule has 3 rings (SSSR count). The van der Waals surface area contributed by atoms with Crippen LogP contribution in [0.2, 0.25) is 5.15 Å². The molecule has 0 bridgehead atoms. The average molecular weight is 364 g/mol. The number of aromatic nitrogens is 2. The lowest BCUT2D eigenvalue weighted by Gasteiger charge is -2.33. The molecule has 2 aromatic rings. The van der Waals surface area contributed by atoms with Gasteiger partial charge in [0.05, 0.1) is 14.2 Å². The molecule has 1 aliphatic rings. The highest BCUT2D eigenvalue weighted by Gasteiger charge is 2.21. The zero-order valence-electron chi connectivity index (χ0n) is 14.3. The van der Waals surface area contributed by atoms with E-state index in [1.165, 1.54) is 0 Å². The van der Waals surface area contributed by atoms with Crippen LogP contribution in [0.4, 0.5) is 17.5 Å². The molecule has 7 nitrogen and oxygen atoms in total. The first kappa shape index (κ1) is 17.4. The van der Waals surface area contributed by atoms with E-state index in [0.717, 1.165) is 48.9 Å². The van der Waals surface area contributed by atoms with Gasteiger partial charge < -0.3 is 25.4 Å². The SMILES string of the molecule is COc1cc(NC2CCN(c3cc(Cl)nc(N)n3)CC2)cc(OC)c1. The quantitative estimate of drug-likeness (QED) is 0.790. The van der Waals surface area contributed by atoms with E-state index in [0.29, 0.717) is 11.2 Å². The predicted molar refractivity (Wildman–Crippen MR) is 99.9 cm³/mol. The van der Waals surface area contributed by atoms with Crippen LogP contribution in [-0.4, -0.2) is 43.3 Å². The smallest absolute Gasteiger partial charge is 0.223 e. The number of hydrogen-bond donors (Lipinski definition) is 2. The average Bonchev–Trinajstić information content (AvgIpc) is 2.61. The van der Waals surface area contributed by atoms with Gasteiger partial charge in [0.2, 0.25) is 5.95 Å². The maximum Gasteiger partial charge on any atom is 0.223 e. The van der Waals surface area contributed by atoms with E-state index in [9.17, 15) is 0 Å². The highest BCUT2D eigenvalue weighted by Crippen LogP contribution is 2.28. The zero-order valence-corrected chi connectivity index (χ0v) is 15.1. The molecule has 0 atom stereocenters. The van der Waals surface area contributed by atoms with Crippen LogP contribution in [-0.2, 0) is 0 Å². The number of anilines is 3. The second-order valence-corrected chi connectivity index (χ2v) is 6.30. The summed E-state index contributed by atoms with van der Waals surface area (Å²) < 4.78 is 10.6. The fourth-order valence-electron chi connectivity index (χ4n) is 2.96. The standard InChI is InChI=1S/C17H22ClN5O2/c1-24-13-7-12(8-14(9-13)25-2)20-11-3-5-23(6-4-11)16-10-15(18)21-17(19)22-16/h7-11,20H,3-6H2,1-2H3,(H2,19,21,22). The van der Waals surface area contributed by atoms with Crippen molar-refractivity contribution in [2.24, 2.45) is 0 Å². The molecular weight excluding hydrogens is 342 g/mol. The molecule has 0 saturated carbocycles. The summed E-state index contributed by atoms with van der Waals surface area (Å²) in [6, 6.07) is 7.91. The second kappa shape index (κ2) is 7.65. The lowest BCUT2D eigenvalue weighted by Crippen LogP contribution is -2.39. The Kier molecular flexibility index (Phi) is 5.33. The van der Waals surface area contributed by atoms with Gasteiger partial charge in [-0.2, -0.15) is 4.98 Å². The molecule has 0 aliphatic carbocycles. The van der Waals surface area contributed by atoms with Crippen LogP contribution in [0.25, 0.3) is 0 Å². The van der Waals surface area contributed by atoms with Crippen molar-refractivity contribution >= 4 is 29.1 Å². The van der Waals surface area contributed by atoms with Crippen LogP contribution in [0.15, 0.2) is 24.3 Å². The Labute approximate surface area is 152 Å². The summed E-state index contributed by atoms with van der Waals surface area (Å²) in [6.45, 7) is 1.73. The summed E-state index contributed by atoms with van der Waals surface area (Å²) in [7, 11) is 3.30. The summed E-state index contributed by atoms with van der Waals surface area (Å²) in [5.74, 6) is 2.51. The molecule has 1 aromatic carbocycles. The normalized spacial score (nSPS) is 15.1. The molecule has 8 heteroatoms. The second-order valence-electron chi connectivity index (χ2n) is 5.91.